The average molecular weight is 333 g/mol. The summed E-state index contributed by atoms with van der Waals surface area (Å²) in [6, 6.07) is 18.2. The molecule has 0 radical (unpaired) electrons. The van der Waals surface area contributed by atoms with Crippen molar-refractivity contribution in [3.8, 4) is 11.5 Å². The maximum Gasteiger partial charge on any atom is 0.325 e. The highest BCUT2D eigenvalue weighted by atomic mass is 35.5. The summed E-state index contributed by atoms with van der Waals surface area (Å²) >= 11 is 6.15. The number of halogens is 1. The zero-order valence-corrected chi connectivity index (χ0v) is 14.3. The van der Waals surface area contributed by atoms with E-state index >= 15 is 0 Å². The highest BCUT2D eigenvalue weighted by Gasteiger charge is 2.48. The number of alkyl halides is 1. The summed E-state index contributed by atoms with van der Waals surface area (Å²) in [5.74, 6) is -0.855. The third-order valence-corrected chi connectivity index (χ3v) is 3.61. The lowest BCUT2D eigenvalue weighted by molar-refractivity contribution is -0.166. The van der Waals surface area contributed by atoms with Crippen molar-refractivity contribution >= 4 is 17.4 Å². The third kappa shape index (κ3) is 4.26. The lowest BCUT2D eigenvalue weighted by Gasteiger charge is -2.35. The van der Waals surface area contributed by atoms with Crippen LogP contribution in [0.2, 0.25) is 0 Å². The Morgan fingerprint density at radius 3 is 1.57 bits per heavy atom. The molecule has 0 saturated heterocycles. The molecule has 122 valence electrons. The monoisotopic (exact) mass is 332 g/mol. The van der Waals surface area contributed by atoms with Crippen LogP contribution in [0.5, 0.6) is 11.5 Å². The first-order valence-corrected chi connectivity index (χ1v) is 8.00. The van der Waals surface area contributed by atoms with Crippen LogP contribution in [0.3, 0.4) is 0 Å². The van der Waals surface area contributed by atoms with Crippen LogP contribution in [-0.2, 0) is 4.79 Å². The molecule has 0 spiro atoms. The molecule has 0 atom stereocenters. The van der Waals surface area contributed by atoms with E-state index in [1.165, 1.54) is 0 Å². The molecule has 0 heterocycles. The van der Waals surface area contributed by atoms with Gasteiger partial charge in [0.05, 0.1) is 0 Å². The highest BCUT2D eigenvalue weighted by Crippen LogP contribution is 2.31. The number of Topliss-reactive ketones (excluding diaryl/α,β-unsaturated/α-hetero) is 1. The molecule has 0 amide bonds. The van der Waals surface area contributed by atoms with Crippen molar-refractivity contribution in [1.29, 1.82) is 0 Å². The Balaban J connectivity index is 2.41. The topological polar surface area (TPSA) is 35.5 Å². The molecule has 3 nitrogen and oxygen atoms in total. The number of benzene rings is 2. The molecule has 0 fully saturated rings. The number of carbonyl (C=O) groups excluding carboxylic acids is 1. The van der Waals surface area contributed by atoms with Crippen LogP contribution < -0.4 is 9.47 Å². The van der Waals surface area contributed by atoms with Gasteiger partial charge in [-0.25, -0.2) is 0 Å². The summed E-state index contributed by atoms with van der Waals surface area (Å²) in [5, 5.41) is 0. The van der Waals surface area contributed by atoms with Gasteiger partial charge in [-0.1, -0.05) is 57.2 Å². The summed E-state index contributed by atoms with van der Waals surface area (Å²) in [6.45, 7) is 5.46. The van der Waals surface area contributed by atoms with Gasteiger partial charge in [0.1, 0.15) is 17.4 Å². The molecule has 0 aromatic heterocycles. The van der Waals surface area contributed by atoms with Crippen LogP contribution in [0.4, 0.5) is 0 Å². The average Bonchev–Trinajstić information content (AvgIpc) is 2.54. The quantitative estimate of drug-likeness (QED) is 0.568. The molecule has 4 heteroatoms. The molecule has 0 unspecified atom stereocenters. The molecule has 0 bridgehead atoms. The van der Waals surface area contributed by atoms with Gasteiger partial charge in [-0.2, -0.15) is 0 Å². The third-order valence-electron chi connectivity index (χ3n) is 3.25. The van der Waals surface area contributed by atoms with Gasteiger partial charge in [-0.15, -0.1) is 11.6 Å². The standard InChI is InChI=1S/C19H21ClO3/c1-18(2,3)17(21)19(14-20,22-15-10-6-4-7-11-15)23-16-12-8-5-9-13-16/h4-13H,14H2,1-3H3. The van der Waals surface area contributed by atoms with Crippen LogP contribution in [-0.4, -0.2) is 17.5 Å². The van der Waals surface area contributed by atoms with Gasteiger partial charge in [0, 0.05) is 5.41 Å². The zero-order chi connectivity index (χ0) is 16.9. The van der Waals surface area contributed by atoms with Crippen LogP contribution in [0.1, 0.15) is 20.8 Å². The Morgan fingerprint density at radius 1 is 0.870 bits per heavy atom. The molecule has 2 aromatic rings. The molecule has 2 aromatic carbocycles. The van der Waals surface area contributed by atoms with Crippen molar-refractivity contribution in [2.75, 3.05) is 5.88 Å². The Kier molecular flexibility index (Phi) is 5.32. The first kappa shape index (κ1) is 17.4. The molecule has 2 rings (SSSR count). The molecule has 0 saturated carbocycles. The molecule has 0 N–H and O–H groups in total. The number of carbonyl (C=O) groups is 1. The van der Waals surface area contributed by atoms with E-state index in [-0.39, 0.29) is 11.7 Å². The van der Waals surface area contributed by atoms with Gasteiger partial charge in [-0.05, 0) is 24.3 Å². The fourth-order valence-corrected chi connectivity index (χ4v) is 2.39. The number of hydrogen-bond donors (Lipinski definition) is 0. The van der Waals surface area contributed by atoms with Crippen LogP contribution >= 0.6 is 11.6 Å². The second kappa shape index (κ2) is 7.05. The zero-order valence-electron chi connectivity index (χ0n) is 13.6. The van der Waals surface area contributed by atoms with Crippen LogP contribution in [0, 0.1) is 5.41 Å². The normalized spacial score (nSPS) is 11.8. The van der Waals surface area contributed by atoms with Gasteiger partial charge in [-0.3, -0.25) is 4.79 Å². The smallest absolute Gasteiger partial charge is 0.325 e. The first-order chi connectivity index (χ1) is 10.9. The molecule has 23 heavy (non-hydrogen) atoms. The van der Waals surface area contributed by atoms with Crippen molar-refractivity contribution in [2.45, 2.75) is 26.6 Å². The van der Waals surface area contributed by atoms with Crippen molar-refractivity contribution in [1.82, 2.24) is 0 Å². The van der Waals surface area contributed by atoms with Gasteiger partial charge >= 0.3 is 5.79 Å². The van der Waals surface area contributed by atoms with Crippen molar-refractivity contribution in [3.05, 3.63) is 60.7 Å². The molecule has 0 aliphatic carbocycles. The molecule has 0 aliphatic rings. The Morgan fingerprint density at radius 2 is 1.26 bits per heavy atom. The minimum absolute atomic E-state index is 0.118. The summed E-state index contributed by atoms with van der Waals surface area (Å²) in [6.07, 6.45) is 0. The maximum absolute atomic E-state index is 13.0. The minimum Gasteiger partial charge on any atom is -0.445 e. The Hall–Kier alpha value is -2.00. The predicted octanol–water partition coefficient (Wildman–Crippen LogP) is 4.69. The number of ketones is 1. The van der Waals surface area contributed by atoms with E-state index in [1.807, 2.05) is 57.2 Å². The van der Waals surface area contributed by atoms with Crippen molar-refractivity contribution in [3.63, 3.8) is 0 Å². The van der Waals surface area contributed by atoms with Gasteiger partial charge in [0.15, 0.2) is 0 Å². The van der Waals surface area contributed by atoms with E-state index < -0.39 is 11.2 Å². The minimum atomic E-state index is -1.58. The molecule has 0 aliphatic heterocycles. The van der Waals surface area contributed by atoms with E-state index in [4.69, 9.17) is 21.1 Å². The lowest BCUT2D eigenvalue weighted by Crippen LogP contribution is -2.56. The SMILES string of the molecule is CC(C)(C)C(=O)C(CCl)(Oc1ccccc1)Oc1ccccc1. The van der Waals surface area contributed by atoms with Gasteiger partial charge in [0.25, 0.3) is 0 Å². The summed E-state index contributed by atoms with van der Waals surface area (Å²) in [7, 11) is 0. The largest absolute Gasteiger partial charge is 0.445 e. The summed E-state index contributed by atoms with van der Waals surface area (Å²) in [5.41, 5.74) is -0.668. The van der Waals surface area contributed by atoms with Gasteiger partial charge < -0.3 is 9.47 Å². The highest BCUT2D eigenvalue weighted by molar-refractivity contribution is 6.20. The number of ether oxygens (including phenoxy) is 2. The number of para-hydroxylation sites is 2. The van der Waals surface area contributed by atoms with E-state index in [2.05, 4.69) is 0 Å². The van der Waals surface area contributed by atoms with Crippen LogP contribution in [0.15, 0.2) is 60.7 Å². The van der Waals surface area contributed by atoms with E-state index in [9.17, 15) is 4.79 Å². The van der Waals surface area contributed by atoms with E-state index in [0.717, 1.165) is 0 Å². The predicted molar refractivity (Wildman–Crippen MR) is 92.1 cm³/mol. The van der Waals surface area contributed by atoms with Crippen molar-refractivity contribution < 1.29 is 14.3 Å². The fraction of sp³-hybridized carbons (Fsp3) is 0.316. The second-order valence-electron chi connectivity index (χ2n) is 6.30. The molecular formula is C19H21ClO3. The second-order valence-corrected chi connectivity index (χ2v) is 6.56. The Labute approximate surface area is 142 Å². The van der Waals surface area contributed by atoms with E-state index in [0.29, 0.717) is 11.5 Å². The van der Waals surface area contributed by atoms with E-state index in [1.54, 1.807) is 24.3 Å². The summed E-state index contributed by atoms with van der Waals surface area (Å²) in [4.78, 5) is 13.0. The van der Waals surface area contributed by atoms with Crippen molar-refractivity contribution in [2.24, 2.45) is 5.41 Å². The first-order valence-electron chi connectivity index (χ1n) is 7.46. The number of rotatable bonds is 6. The summed E-state index contributed by atoms with van der Waals surface area (Å²) < 4.78 is 11.9. The van der Waals surface area contributed by atoms with Crippen LogP contribution in [0.25, 0.3) is 0 Å². The fourth-order valence-electron chi connectivity index (χ4n) is 2.16. The lowest BCUT2D eigenvalue weighted by atomic mass is 9.86. The van der Waals surface area contributed by atoms with Gasteiger partial charge in [0.2, 0.25) is 5.78 Å². The number of hydrogen-bond acceptors (Lipinski definition) is 3. The Bertz CT molecular complexity index is 591. The maximum atomic E-state index is 13.0. The molecular weight excluding hydrogens is 312 g/mol.